The first kappa shape index (κ1) is 11.7. The molecule has 1 aromatic carbocycles. The first-order valence-corrected chi connectivity index (χ1v) is 6.53. The predicted octanol–water partition coefficient (Wildman–Crippen LogP) is 1.46. The van der Waals surface area contributed by atoms with Gasteiger partial charge in [-0.25, -0.2) is 4.98 Å². The van der Waals surface area contributed by atoms with Crippen LogP contribution in [0.1, 0.15) is 18.7 Å². The summed E-state index contributed by atoms with van der Waals surface area (Å²) in [6.07, 6.45) is 1.61. The van der Waals surface area contributed by atoms with E-state index in [2.05, 4.69) is 20.9 Å². The van der Waals surface area contributed by atoms with Gasteiger partial charge in [0.05, 0.1) is 23.2 Å². The maximum absolute atomic E-state index is 10.6. The number of piperidine rings is 1. The van der Waals surface area contributed by atoms with Crippen LogP contribution in [-0.2, 0) is 6.54 Å². The summed E-state index contributed by atoms with van der Waals surface area (Å²) in [6.45, 7) is 4.43. The zero-order valence-electron chi connectivity index (χ0n) is 10.7. The molecule has 0 radical (unpaired) electrons. The number of rotatable bonds is 2. The Labute approximate surface area is 107 Å². The van der Waals surface area contributed by atoms with Crippen molar-refractivity contribution >= 4 is 11.0 Å². The Kier molecular flexibility index (Phi) is 2.84. The summed E-state index contributed by atoms with van der Waals surface area (Å²) in [5.41, 5.74) is 1.52. The van der Waals surface area contributed by atoms with Gasteiger partial charge in [-0.1, -0.05) is 12.1 Å². The third kappa shape index (κ3) is 2.02. The largest absolute Gasteiger partial charge is 0.388 e. The third-order valence-corrected chi connectivity index (χ3v) is 3.83. The molecule has 1 saturated heterocycles. The summed E-state index contributed by atoms with van der Waals surface area (Å²) in [7, 11) is 0. The van der Waals surface area contributed by atoms with Crippen molar-refractivity contribution in [2.45, 2.75) is 31.9 Å². The van der Waals surface area contributed by atoms with Crippen LogP contribution in [0.25, 0.3) is 11.0 Å². The lowest BCUT2D eigenvalue weighted by Gasteiger charge is -2.33. The van der Waals surface area contributed by atoms with Crippen LogP contribution in [0.15, 0.2) is 24.3 Å². The fourth-order valence-electron chi connectivity index (χ4n) is 2.74. The molecule has 1 aliphatic rings. The molecule has 1 aromatic heterocycles. The van der Waals surface area contributed by atoms with Gasteiger partial charge in [-0.2, -0.15) is 0 Å². The Morgan fingerprint density at radius 2 is 2.06 bits per heavy atom. The Bertz CT molecular complexity index is 555. The number of nitrogens with one attached hydrogen (secondary N) is 1. The van der Waals surface area contributed by atoms with E-state index in [0.717, 1.165) is 42.8 Å². The van der Waals surface area contributed by atoms with E-state index in [-0.39, 0.29) is 0 Å². The molecule has 0 amide bonds. The number of benzene rings is 1. The minimum atomic E-state index is -0.598. The van der Waals surface area contributed by atoms with Gasteiger partial charge in [-0.05, 0) is 45.0 Å². The molecular weight excluding hydrogens is 226 g/mol. The second kappa shape index (κ2) is 4.37. The predicted molar refractivity (Wildman–Crippen MR) is 71.5 cm³/mol. The molecule has 1 fully saturated rings. The van der Waals surface area contributed by atoms with Crippen LogP contribution in [0.4, 0.5) is 0 Å². The first-order chi connectivity index (χ1) is 8.68. The SMILES string of the molecule is Cc1nc2ccccc2n1CC1(O)CCNCC1. The number of hydrogen-bond donors (Lipinski definition) is 2. The van der Waals surface area contributed by atoms with Gasteiger partial charge in [0, 0.05) is 0 Å². The molecule has 2 heterocycles. The van der Waals surface area contributed by atoms with E-state index in [1.165, 1.54) is 0 Å². The monoisotopic (exact) mass is 245 g/mol. The highest BCUT2D eigenvalue weighted by molar-refractivity contribution is 5.75. The topological polar surface area (TPSA) is 50.1 Å². The van der Waals surface area contributed by atoms with Crippen molar-refractivity contribution in [3.8, 4) is 0 Å². The Morgan fingerprint density at radius 3 is 2.83 bits per heavy atom. The number of hydrogen-bond acceptors (Lipinski definition) is 3. The molecule has 3 rings (SSSR count). The zero-order chi connectivity index (χ0) is 12.6. The molecule has 0 atom stereocenters. The van der Waals surface area contributed by atoms with Gasteiger partial charge in [-0.3, -0.25) is 0 Å². The highest BCUT2D eigenvalue weighted by Crippen LogP contribution is 2.24. The molecule has 0 unspecified atom stereocenters. The maximum Gasteiger partial charge on any atom is 0.106 e. The standard InChI is InChI=1S/C14H19N3O/c1-11-16-12-4-2-3-5-13(12)17(11)10-14(18)6-8-15-9-7-14/h2-5,15,18H,6-10H2,1H3. The second-order valence-electron chi connectivity index (χ2n) is 5.21. The summed E-state index contributed by atoms with van der Waals surface area (Å²) in [5, 5.41) is 13.9. The second-order valence-corrected chi connectivity index (χ2v) is 5.21. The summed E-state index contributed by atoms with van der Waals surface area (Å²) >= 11 is 0. The molecule has 96 valence electrons. The third-order valence-electron chi connectivity index (χ3n) is 3.83. The summed E-state index contributed by atoms with van der Waals surface area (Å²) in [6, 6.07) is 8.11. The van der Waals surface area contributed by atoms with E-state index in [1.807, 2.05) is 25.1 Å². The van der Waals surface area contributed by atoms with Crippen LogP contribution < -0.4 is 5.32 Å². The number of nitrogens with zero attached hydrogens (tertiary/aromatic N) is 2. The van der Waals surface area contributed by atoms with Crippen LogP contribution in [0.3, 0.4) is 0 Å². The molecular formula is C14H19N3O. The van der Waals surface area contributed by atoms with E-state index >= 15 is 0 Å². The van der Waals surface area contributed by atoms with Gasteiger partial charge in [0.2, 0.25) is 0 Å². The van der Waals surface area contributed by atoms with E-state index in [9.17, 15) is 5.11 Å². The molecule has 0 aliphatic carbocycles. The number of aryl methyl sites for hydroxylation is 1. The molecule has 0 saturated carbocycles. The molecule has 4 nitrogen and oxygen atoms in total. The highest BCUT2D eigenvalue weighted by atomic mass is 16.3. The minimum absolute atomic E-state index is 0.598. The van der Waals surface area contributed by atoms with Crippen molar-refractivity contribution in [1.29, 1.82) is 0 Å². The van der Waals surface area contributed by atoms with Crippen LogP contribution in [0.2, 0.25) is 0 Å². The summed E-state index contributed by atoms with van der Waals surface area (Å²) in [4.78, 5) is 4.55. The zero-order valence-corrected chi connectivity index (χ0v) is 10.7. The van der Waals surface area contributed by atoms with Crippen molar-refractivity contribution in [3.63, 3.8) is 0 Å². The van der Waals surface area contributed by atoms with Gasteiger partial charge in [0.1, 0.15) is 5.82 Å². The number of para-hydroxylation sites is 2. The normalized spacial score (nSPS) is 19.2. The summed E-state index contributed by atoms with van der Waals surface area (Å²) in [5.74, 6) is 0.975. The smallest absolute Gasteiger partial charge is 0.106 e. The fourth-order valence-corrected chi connectivity index (χ4v) is 2.74. The van der Waals surface area contributed by atoms with Crippen molar-refractivity contribution in [1.82, 2.24) is 14.9 Å². The molecule has 4 heteroatoms. The number of aliphatic hydroxyl groups is 1. The van der Waals surface area contributed by atoms with Crippen molar-refractivity contribution in [2.75, 3.05) is 13.1 Å². The summed E-state index contributed by atoms with van der Waals surface area (Å²) < 4.78 is 2.14. The Morgan fingerprint density at radius 1 is 1.33 bits per heavy atom. The molecule has 1 aliphatic heterocycles. The van der Waals surface area contributed by atoms with Gasteiger partial charge >= 0.3 is 0 Å². The van der Waals surface area contributed by atoms with Crippen molar-refractivity contribution in [3.05, 3.63) is 30.1 Å². The fraction of sp³-hybridized carbons (Fsp3) is 0.500. The maximum atomic E-state index is 10.6. The molecule has 0 bridgehead atoms. The van der Waals surface area contributed by atoms with Gasteiger partial charge in [-0.15, -0.1) is 0 Å². The molecule has 2 aromatic rings. The number of fused-ring (bicyclic) bond motifs is 1. The van der Waals surface area contributed by atoms with Crippen molar-refractivity contribution in [2.24, 2.45) is 0 Å². The van der Waals surface area contributed by atoms with Gasteiger partial charge in [0.15, 0.2) is 0 Å². The average Bonchev–Trinajstić information content (AvgIpc) is 2.67. The Balaban J connectivity index is 1.96. The quantitative estimate of drug-likeness (QED) is 0.842. The number of imidazole rings is 1. The lowest BCUT2D eigenvalue weighted by atomic mass is 9.92. The van der Waals surface area contributed by atoms with Crippen molar-refractivity contribution < 1.29 is 5.11 Å². The van der Waals surface area contributed by atoms with E-state index < -0.39 is 5.60 Å². The van der Waals surface area contributed by atoms with E-state index in [4.69, 9.17) is 0 Å². The van der Waals surface area contributed by atoms with Crippen LogP contribution >= 0.6 is 0 Å². The van der Waals surface area contributed by atoms with E-state index in [0.29, 0.717) is 6.54 Å². The average molecular weight is 245 g/mol. The molecule has 2 N–H and O–H groups in total. The van der Waals surface area contributed by atoms with Crippen LogP contribution in [-0.4, -0.2) is 33.3 Å². The van der Waals surface area contributed by atoms with Gasteiger partial charge < -0.3 is 15.0 Å². The highest BCUT2D eigenvalue weighted by Gasteiger charge is 2.30. The molecule has 0 spiro atoms. The minimum Gasteiger partial charge on any atom is -0.388 e. The van der Waals surface area contributed by atoms with Crippen LogP contribution in [0.5, 0.6) is 0 Å². The Hall–Kier alpha value is -1.39. The first-order valence-electron chi connectivity index (χ1n) is 6.53. The van der Waals surface area contributed by atoms with E-state index in [1.54, 1.807) is 0 Å². The lowest BCUT2D eigenvalue weighted by molar-refractivity contribution is -0.00489. The van der Waals surface area contributed by atoms with Gasteiger partial charge in [0.25, 0.3) is 0 Å². The number of aromatic nitrogens is 2. The lowest BCUT2D eigenvalue weighted by Crippen LogP contribution is -2.44. The molecule has 18 heavy (non-hydrogen) atoms. The van der Waals surface area contributed by atoms with Crippen LogP contribution in [0, 0.1) is 6.92 Å².